The van der Waals surface area contributed by atoms with Gasteiger partial charge in [-0.3, -0.25) is 29.5 Å². The number of fused-ring (bicyclic) bond motifs is 4. The third-order valence-electron chi connectivity index (χ3n) is 11.8. The maximum Gasteiger partial charge on any atom is 0.417 e. The molecule has 3 heterocycles. The minimum Gasteiger partial charge on any atom is -0.508 e. The van der Waals surface area contributed by atoms with Gasteiger partial charge in [-0.15, -0.1) is 0 Å². The van der Waals surface area contributed by atoms with Crippen LogP contribution in [0.1, 0.15) is 46.6 Å². The van der Waals surface area contributed by atoms with E-state index < -0.39 is 63.6 Å². The van der Waals surface area contributed by atoms with Crippen LogP contribution in [0.25, 0.3) is 0 Å². The number of hydrogen-bond acceptors (Lipinski definition) is 8. The second-order valence-corrected chi connectivity index (χ2v) is 15.6. The molecule has 0 bridgehead atoms. The first-order valence-corrected chi connectivity index (χ1v) is 18.6. The lowest BCUT2D eigenvalue weighted by Gasteiger charge is -2.50. The Hall–Kier alpha value is -5.40. The lowest BCUT2D eigenvalue weighted by atomic mass is 9.49. The summed E-state index contributed by atoms with van der Waals surface area (Å²) in [5.74, 6) is -6.77. The van der Waals surface area contributed by atoms with Crippen molar-refractivity contribution in [1.82, 2.24) is 14.9 Å². The Bertz CT molecular complexity index is 2340. The van der Waals surface area contributed by atoms with Gasteiger partial charge in [0.15, 0.2) is 5.82 Å². The largest absolute Gasteiger partial charge is 0.508 e. The molecule has 6 atom stereocenters. The number of aromatic hydroxyl groups is 2. The third kappa shape index (κ3) is 5.90. The maximum absolute atomic E-state index is 15.3. The van der Waals surface area contributed by atoms with Crippen molar-refractivity contribution in [2.45, 2.75) is 43.7 Å². The van der Waals surface area contributed by atoms with Crippen LogP contribution in [0.4, 0.5) is 19.0 Å². The summed E-state index contributed by atoms with van der Waals surface area (Å²) in [6.07, 6.45) is -1.79. The highest BCUT2D eigenvalue weighted by Crippen LogP contribution is 2.64. The summed E-state index contributed by atoms with van der Waals surface area (Å²) < 4.78 is 40.4. The lowest BCUT2D eigenvalue weighted by molar-refractivity contribution is -0.141. The Morgan fingerprint density at radius 2 is 1.62 bits per heavy atom. The molecular formula is C41H33Cl2F3N4O6. The second-order valence-electron chi connectivity index (χ2n) is 14.7. The molecule has 8 rings (SSSR count). The van der Waals surface area contributed by atoms with Gasteiger partial charge in [-0.1, -0.05) is 71.2 Å². The average molecular weight is 806 g/mol. The van der Waals surface area contributed by atoms with Crippen LogP contribution in [0.3, 0.4) is 0 Å². The average Bonchev–Trinajstić information content (AvgIpc) is 3.53. The number of benzene rings is 3. The van der Waals surface area contributed by atoms with Crippen LogP contribution in [0, 0.1) is 30.6 Å². The molecule has 2 aliphatic heterocycles. The van der Waals surface area contributed by atoms with Crippen LogP contribution in [0.15, 0.2) is 90.6 Å². The lowest BCUT2D eigenvalue weighted by Crippen LogP contribution is -2.53. The Morgan fingerprint density at radius 3 is 2.29 bits per heavy atom. The summed E-state index contributed by atoms with van der Waals surface area (Å²) in [5, 5.41) is 20.9. The monoisotopic (exact) mass is 804 g/mol. The number of anilines is 1. The van der Waals surface area contributed by atoms with E-state index in [2.05, 4.69) is 10.4 Å². The minimum absolute atomic E-state index is 0.00290. The Kier molecular flexibility index (Phi) is 9.15. The van der Waals surface area contributed by atoms with Crippen molar-refractivity contribution in [2.75, 3.05) is 12.0 Å². The summed E-state index contributed by atoms with van der Waals surface area (Å²) >= 11 is 12.6. The molecule has 2 saturated heterocycles. The standard InChI is InChI=1S/C41H33Cl2F3N4O6/c1-20-16-22(4-13-32(20)52)34-27-11-12-28-33(38(55)49(36(28)53)15-14-21-2-9-26(51)10-3-21)29(27)18-30-37(54)50(39(56)40(30,34)23-5-7-25(42)8-6-23)48-35-31(43)17-24(19-47-35)41(44,45)46/h2-11,13,16-17,19,28-30,33-34,51-52H,12,14-15,18H2,1H3,(H,47,48)/t28-,29+,30-,33-,34-,40+/m0/s1. The van der Waals surface area contributed by atoms with Crippen LogP contribution in [-0.2, 0) is 37.2 Å². The minimum atomic E-state index is -4.75. The molecule has 0 radical (unpaired) electrons. The van der Waals surface area contributed by atoms with Gasteiger partial charge in [0, 0.05) is 23.7 Å². The fourth-order valence-corrected chi connectivity index (χ4v) is 9.54. The fraction of sp³-hybridized carbons (Fsp3) is 0.293. The first kappa shape index (κ1) is 37.5. The maximum atomic E-state index is 15.3. The highest BCUT2D eigenvalue weighted by Gasteiger charge is 2.70. The zero-order valence-corrected chi connectivity index (χ0v) is 31.1. The number of likely N-dealkylation sites (tertiary alicyclic amines) is 1. The van der Waals surface area contributed by atoms with Gasteiger partial charge in [-0.2, -0.15) is 18.2 Å². The Balaban J connectivity index is 1.25. The van der Waals surface area contributed by atoms with Crippen LogP contribution in [-0.4, -0.2) is 55.3 Å². The number of allylic oxidation sites excluding steroid dienone is 2. The van der Waals surface area contributed by atoms with Gasteiger partial charge < -0.3 is 10.2 Å². The molecule has 288 valence electrons. The van der Waals surface area contributed by atoms with E-state index in [-0.39, 0.29) is 48.5 Å². The number of alkyl halides is 3. The number of pyridine rings is 1. The summed E-state index contributed by atoms with van der Waals surface area (Å²) in [7, 11) is 0. The molecule has 10 nitrogen and oxygen atoms in total. The number of hydrogen-bond donors (Lipinski definition) is 3. The molecule has 3 fully saturated rings. The van der Waals surface area contributed by atoms with Gasteiger partial charge >= 0.3 is 6.18 Å². The molecule has 4 aliphatic rings. The molecule has 4 amide bonds. The highest BCUT2D eigenvalue weighted by atomic mass is 35.5. The van der Waals surface area contributed by atoms with Gasteiger partial charge in [0.1, 0.15) is 11.5 Å². The highest BCUT2D eigenvalue weighted by molar-refractivity contribution is 6.33. The number of imide groups is 2. The summed E-state index contributed by atoms with van der Waals surface area (Å²) in [6.45, 7) is 1.79. The predicted octanol–water partition coefficient (Wildman–Crippen LogP) is 7.35. The van der Waals surface area contributed by atoms with Crippen molar-refractivity contribution in [3.8, 4) is 11.5 Å². The SMILES string of the molecule is Cc1cc([C@H]2C3=CC[C@@H]4C(=O)N(CCc5ccc(O)cc5)C(=O)[C@@H]4[C@@H]3C[C@H]3C(=O)N(Nc4ncc(C(F)(F)F)cc4Cl)C(=O)[C@@]23c2ccc(Cl)cc2)ccc1O. The Labute approximate surface area is 328 Å². The van der Waals surface area contributed by atoms with E-state index in [1.807, 2.05) is 6.08 Å². The summed E-state index contributed by atoms with van der Waals surface area (Å²) in [4.78, 5) is 63.5. The van der Waals surface area contributed by atoms with Gasteiger partial charge in [0.25, 0.3) is 11.8 Å². The number of aryl methyl sites for hydroxylation is 1. The van der Waals surface area contributed by atoms with Crippen molar-refractivity contribution in [1.29, 1.82) is 0 Å². The number of aromatic nitrogens is 1. The number of phenolic OH excluding ortho intramolecular Hbond substituents is 2. The number of halogens is 5. The van der Waals surface area contributed by atoms with Crippen LogP contribution in [0.5, 0.6) is 11.5 Å². The molecule has 3 N–H and O–H groups in total. The zero-order valence-electron chi connectivity index (χ0n) is 29.6. The molecule has 56 heavy (non-hydrogen) atoms. The van der Waals surface area contributed by atoms with E-state index >= 15 is 4.79 Å². The number of rotatable bonds is 7. The molecule has 4 aromatic rings. The number of amides is 4. The normalized spacial score (nSPS) is 25.9. The smallest absolute Gasteiger partial charge is 0.417 e. The van der Waals surface area contributed by atoms with Gasteiger partial charge in [-0.25, -0.2) is 4.98 Å². The predicted molar refractivity (Wildman–Crippen MR) is 198 cm³/mol. The molecule has 0 spiro atoms. The number of hydrazine groups is 1. The first-order chi connectivity index (χ1) is 26.6. The van der Waals surface area contributed by atoms with E-state index in [0.29, 0.717) is 46.0 Å². The molecular weight excluding hydrogens is 772 g/mol. The first-order valence-electron chi connectivity index (χ1n) is 17.9. The van der Waals surface area contributed by atoms with Gasteiger partial charge in [-0.05, 0) is 90.8 Å². The van der Waals surface area contributed by atoms with Gasteiger partial charge in [0.05, 0.1) is 33.8 Å². The van der Waals surface area contributed by atoms with Crippen molar-refractivity contribution < 1.29 is 42.6 Å². The van der Waals surface area contributed by atoms with Crippen molar-refractivity contribution in [3.05, 3.63) is 129 Å². The number of nitrogens with zero attached hydrogens (tertiary/aromatic N) is 3. The number of phenols is 2. The summed E-state index contributed by atoms with van der Waals surface area (Å²) in [5.41, 5.74) is 2.76. The van der Waals surface area contributed by atoms with E-state index in [0.717, 1.165) is 10.6 Å². The van der Waals surface area contributed by atoms with Crippen LogP contribution in [0.2, 0.25) is 10.0 Å². The molecule has 15 heteroatoms. The number of nitrogens with one attached hydrogen (secondary N) is 1. The molecule has 3 aromatic carbocycles. The second kappa shape index (κ2) is 13.7. The topological polar surface area (TPSA) is 140 Å². The fourth-order valence-electron chi connectivity index (χ4n) is 9.21. The number of carbonyl (C=O) groups is 4. The Morgan fingerprint density at radius 1 is 0.911 bits per heavy atom. The molecule has 0 unspecified atom stereocenters. The van der Waals surface area contributed by atoms with Crippen LogP contribution >= 0.6 is 23.2 Å². The molecule has 2 aliphatic carbocycles. The van der Waals surface area contributed by atoms with Gasteiger partial charge in [0.2, 0.25) is 11.8 Å². The van der Waals surface area contributed by atoms with E-state index in [4.69, 9.17) is 23.2 Å². The molecule has 1 aromatic heterocycles. The van der Waals surface area contributed by atoms with Crippen LogP contribution < -0.4 is 5.43 Å². The van der Waals surface area contributed by atoms with E-state index in [9.17, 15) is 37.8 Å². The zero-order chi connectivity index (χ0) is 39.8. The van der Waals surface area contributed by atoms with Crippen molar-refractivity contribution >= 4 is 52.6 Å². The summed E-state index contributed by atoms with van der Waals surface area (Å²) in [6, 6.07) is 18.5. The van der Waals surface area contributed by atoms with Crippen molar-refractivity contribution in [3.63, 3.8) is 0 Å². The van der Waals surface area contributed by atoms with E-state index in [1.54, 1.807) is 55.5 Å². The van der Waals surface area contributed by atoms with E-state index in [1.165, 1.54) is 23.1 Å². The quantitative estimate of drug-likeness (QED) is 0.130. The molecule has 1 saturated carbocycles. The van der Waals surface area contributed by atoms with Crippen molar-refractivity contribution in [2.24, 2.45) is 23.7 Å². The third-order valence-corrected chi connectivity index (χ3v) is 12.3. The number of carbonyl (C=O) groups excluding carboxylic acids is 4.